The topological polar surface area (TPSA) is 58.3 Å². The van der Waals surface area contributed by atoms with Crippen molar-refractivity contribution in [3.05, 3.63) is 47.5 Å². The fraction of sp³-hybridized carbons (Fsp3) is 0.571. The molecule has 0 amide bonds. The molecule has 1 saturated heterocycles. The molecule has 1 aromatic carbocycles. The van der Waals surface area contributed by atoms with Gasteiger partial charge in [-0.05, 0) is 37.7 Å². The maximum Gasteiger partial charge on any atom is 0.194 e. The van der Waals surface area contributed by atoms with Crippen LogP contribution in [0.15, 0.2) is 35.3 Å². The van der Waals surface area contributed by atoms with Crippen molar-refractivity contribution in [1.29, 1.82) is 0 Å². The number of benzene rings is 1. The second kappa shape index (κ2) is 8.11. The van der Waals surface area contributed by atoms with Crippen LogP contribution < -0.4 is 5.32 Å². The molecule has 1 aliphatic rings. The molecule has 0 saturated carbocycles. The second-order valence-corrected chi connectivity index (χ2v) is 7.97. The number of guanidine groups is 1. The van der Waals surface area contributed by atoms with E-state index in [1.165, 1.54) is 18.4 Å². The molecule has 1 N–H and O–H groups in total. The summed E-state index contributed by atoms with van der Waals surface area (Å²) in [5.74, 6) is 2.76. The minimum atomic E-state index is 0.194. The number of hydrogen-bond acceptors (Lipinski definition) is 3. The van der Waals surface area contributed by atoms with E-state index < -0.39 is 0 Å². The summed E-state index contributed by atoms with van der Waals surface area (Å²) >= 11 is 0. The Labute approximate surface area is 162 Å². The van der Waals surface area contributed by atoms with E-state index in [4.69, 9.17) is 4.99 Å². The van der Waals surface area contributed by atoms with Crippen LogP contribution in [0.5, 0.6) is 0 Å². The number of nitrogens with zero attached hydrogens (tertiary/aromatic N) is 5. The van der Waals surface area contributed by atoms with E-state index in [0.29, 0.717) is 12.0 Å². The Morgan fingerprint density at radius 3 is 2.63 bits per heavy atom. The standard InChI is InChI=1S/C21H32N6/c1-6-21(4)12-13-27(15-21)20(22-14-19-25-24-17(3)26(19)5)23-16(2)18-10-8-7-9-11-18/h7-11,16H,6,12-15H2,1-5H3,(H,22,23). The summed E-state index contributed by atoms with van der Waals surface area (Å²) in [5, 5.41) is 12.1. The van der Waals surface area contributed by atoms with Crippen LogP contribution >= 0.6 is 0 Å². The largest absolute Gasteiger partial charge is 0.350 e. The predicted molar refractivity (Wildman–Crippen MR) is 109 cm³/mol. The highest BCUT2D eigenvalue weighted by molar-refractivity contribution is 5.80. The Morgan fingerprint density at radius 1 is 1.30 bits per heavy atom. The van der Waals surface area contributed by atoms with Crippen LogP contribution in [0.2, 0.25) is 0 Å². The van der Waals surface area contributed by atoms with Gasteiger partial charge in [0.15, 0.2) is 11.8 Å². The lowest BCUT2D eigenvalue weighted by atomic mass is 9.87. The number of nitrogens with one attached hydrogen (secondary N) is 1. The molecular weight excluding hydrogens is 336 g/mol. The molecule has 2 aromatic rings. The quantitative estimate of drug-likeness (QED) is 0.649. The number of aryl methyl sites for hydroxylation is 1. The summed E-state index contributed by atoms with van der Waals surface area (Å²) in [6.45, 7) is 11.4. The molecule has 1 fully saturated rings. The van der Waals surface area contributed by atoms with E-state index in [1.54, 1.807) is 0 Å². The fourth-order valence-corrected chi connectivity index (χ4v) is 3.48. The van der Waals surface area contributed by atoms with Crippen molar-refractivity contribution in [2.45, 2.75) is 53.1 Å². The first-order chi connectivity index (χ1) is 12.9. The number of likely N-dealkylation sites (tertiary alicyclic amines) is 1. The molecule has 0 spiro atoms. The van der Waals surface area contributed by atoms with E-state index in [-0.39, 0.29) is 6.04 Å². The van der Waals surface area contributed by atoms with Crippen molar-refractivity contribution in [1.82, 2.24) is 25.0 Å². The molecule has 2 heterocycles. The van der Waals surface area contributed by atoms with Crippen molar-refractivity contribution >= 4 is 5.96 Å². The number of hydrogen-bond donors (Lipinski definition) is 1. The third-order valence-electron chi connectivity index (χ3n) is 5.91. The van der Waals surface area contributed by atoms with Gasteiger partial charge in [0, 0.05) is 20.1 Å². The van der Waals surface area contributed by atoms with Gasteiger partial charge in [0.05, 0.1) is 6.04 Å². The van der Waals surface area contributed by atoms with Crippen molar-refractivity contribution in [2.24, 2.45) is 17.5 Å². The predicted octanol–water partition coefficient (Wildman–Crippen LogP) is 3.45. The monoisotopic (exact) mass is 368 g/mol. The molecule has 6 nitrogen and oxygen atoms in total. The third kappa shape index (κ3) is 4.49. The summed E-state index contributed by atoms with van der Waals surface area (Å²) in [7, 11) is 1.99. The zero-order chi connectivity index (χ0) is 19.4. The highest BCUT2D eigenvalue weighted by atomic mass is 15.3. The lowest BCUT2D eigenvalue weighted by Gasteiger charge is -2.28. The van der Waals surface area contributed by atoms with Crippen molar-refractivity contribution in [3.63, 3.8) is 0 Å². The van der Waals surface area contributed by atoms with E-state index in [0.717, 1.165) is 30.7 Å². The lowest BCUT2D eigenvalue weighted by molar-refractivity contribution is 0.320. The van der Waals surface area contributed by atoms with E-state index in [1.807, 2.05) is 18.5 Å². The SMILES string of the molecule is CCC1(C)CCN(C(=NCc2nnc(C)n2C)NC(C)c2ccccc2)C1. The van der Waals surface area contributed by atoms with Gasteiger partial charge < -0.3 is 14.8 Å². The van der Waals surface area contributed by atoms with Gasteiger partial charge in [0.1, 0.15) is 12.4 Å². The van der Waals surface area contributed by atoms with Gasteiger partial charge in [-0.1, -0.05) is 44.2 Å². The second-order valence-electron chi connectivity index (χ2n) is 7.97. The van der Waals surface area contributed by atoms with Gasteiger partial charge in [-0.25, -0.2) is 4.99 Å². The van der Waals surface area contributed by atoms with E-state index in [2.05, 4.69) is 71.5 Å². The van der Waals surface area contributed by atoms with Crippen LogP contribution in [0.3, 0.4) is 0 Å². The van der Waals surface area contributed by atoms with Gasteiger partial charge in [-0.2, -0.15) is 0 Å². The van der Waals surface area contributed by atoms with Crippen molar-refractivity contribution in [2.75, 3.05) is 13.1 Å². The van der Waals surface area contributed by atoms with Crippen LogP contribution in [0, 0.1) is 12.3 Å². The number of rotatable bonds is 5. The van der Waals surface area contributed by atoms with Crippen LogP contribution in [0.25, 0.3) is 0 Å². The Balaban J connectivity index is 1.80. The smallest absolute Gasteiger partial charge is 0.194 e. The zero-order valence-electron chi connectivity index (χ0n) is 17.2. The fourth-order valence-electron chi connectivity index (χ4n) is 3.48. The molecule has 0 bridgehead atoms. The Kier molecular flexibility index (Phi) is 5.82. The minimum absolute atomic E-state index is 0.194. The zero-order valence-corrected chi connectivity index (χ0v) is 17.2. The normalized spacial score (nSPS) is 21.5. The van der Waals surface area contributed by atoms with Crippen molar-refractivity contribution in [3.8, 4) is 0 Å². The summed E-state index contributed by atoms with van der Waals surface area (Å²) in [6, 6.07) is 10.7. The number of aromatic nitrogens is 3. The maximum absolute atomic E-state index is 4.92. The molecule has 0 radical (unpaired) electrons. The number of aliphatic imine (C=N–C) groups is 1. The molecule has 146 valence electrons. The van der Waals surface area contributed by atoms with Crippen molar-refractivity contribution < 1.29 is 0 Å². The summed E-state index contributed by atoms with van der Waals surface area (Å²) in [6.07, 6.45) is 2.39. The first kappa shape index (κ1) is 19.4. The van der Waals surface area contributed by atoms with Crippen LogP contribution in [0.1, 0.15) is 56.9 Å². The van der Waals surface area contributed by atoms with Gasteiger partial charge in [0.2, 0.25) is 0 Å². The molecule has 6 heteroatoms. The molecule has 1 aliphatic heterocycles. The Hall–Kier alpha value is -2.37. The minimum Gasteiger partial charge on any atom is -0.350 e. The molecule has 3 rings (SSSR count). The third-order valence-corrected chi connectivity index (χ3v) is 5.91. The molecule has 2 atom stereocenters. The summed E-state index contributed by atoms with van der Waals surface area (Å²) in [4.78, 5) is 7.32. The highest BCUT2D eigenvalue weighted by Gasteiger charge is 2.34. The molecule has 0 aliphatic carbocycles. The maximum atomic E-state index is 4.92. The average molecular weight is 369 g/mol. The first-order valence-corrected chi connectivity index (χ1v) is 9.87. The van der Waals surface area contributed by atoms with Crippen LogP contribution in [0.4, 0.5) is 0 Å². The van der Waals surface area contributed by atoms with Gasteiger partial charge in [-0.3, -0.25) is 0 Å². The first-order valence-electron chi connectivity index (χ1n) is 9.87. The van der Waals surface area contributed by atoms with Crippen LogP contribution in [-0.2, 0) is 13.6 Å². The Bertz CT molecular complexity index is 781. The van der Waals surface area contributed by atoms with E-state index >= 15 is 0 Å². The van der Waals surface area contributed by atoms with Gasteiger partial charge in [0.25, 0.3) is 0 Å². The van der Waals surface area contributed by atoms with Gasteiger partial charge in [-0.15, -0.1) is 10.2 Å². The van der Waals surface area contributed by atoms with Crippen LogP contribution in [-0.4, -0.2) is 38.7 Å². The molecular formula is C21H32N6. The molecule has 2 unspecified atom stereocenters. The molecule has 1 aromatic heterocycles. The lowest BCUT2D eigenvalue weighted by Crippen LogP contribution is -2.42. The summed E-state index contributed by atoms with van der Waals surface area (Å²) in [5.41, 5.74) is 1.62. The van der Waals surface area contributed by atoms with E-state index in [9.17, 15) is 0 Å². The highest BCUT2D eigenvalue weighted by Crippen LogP contribution is 2.33. The average Bonchev–Trinajstić information content (AvgIpc) is 3.23. The van der Waals surface area contributed by atoms with Gasteiger partial charge >= 0.3 is 0 Å². The Morgan fingerprint density at radius 2 is 2.04 bits per heavy atom. The summed E-state index contributed by atoms with van der Waals surface area (Å²) < 4.78 is 2.00. The molecule has 27 heavy (non-hydrogen) atoms.